The second-order valence-electron chi connectivity index (χ2n) is 4.78. The van der Waals surface area contributed by atoms with Crippen LogP contribution in [0.1, 0.15) is 0 Å². The molecule has 0 saturated heterocycles. The summed E-state index contributed by atoms with van der Waals surface area (Å²) in [5, 5.41) is 8.61. The summed E-state index contributed by atoms with van der Waals surface area (Å²) in [5.74, 6) is 2.57. The Hall–Kier alpha value is -3.20. The van der Waals surface area contributed by atoms with Crippen LogP contribution >= 0.6 is 0 Å². The van der Waals surface area contributed by atoms with E-state index in [1.807, 2.05) is 36.4 Å². The first kappa shape index (κ1) is 14.7. The van der Waals surface area contributed by atoms with Gasteiger partial charge in [0, 0.05) is 11.6 Å². The van der Waals surface area contributed by atoms with E-state index in [1.165, 1.54) is 0 Å². The number of hydrogen-bond donors (Lipinski definition) is 1. The number of fused-ring (bicyclic) bond motifs is 1. The van der Waals surface area contributed by atoms with Crippen molar-refractivity contribution in [2.45, 2.75) is 0 Å². The fourth-order valence-corrected chi connectivity index (χ4v) is 2.30. The van der Waals surface area contributed by atoms with Crippen molar-refractivity contribution in [1.29, 1.82) is 5.26 Å². The molecule has 0 radical (unpaired) electrons. The molecule has 1 heterocycles. The first-order valence-corrected chi connectivity index (χ1v) is 6.97. The highest BCUT2D eigenvalue weighted by Gasteiger charge is 2.11. The van der Waals surface area contributed by atoms with Crippen LogP contribution in [0.25, 0.3) is 22.4 Å². The Morgan fingerprint density at radius 2 is 1.96 bits per heavy atom. The van der Waals surface area contributed by atoms with Gasteiger partial charge in [0.05, 0.1) is 25.3 Å². The van der Waals surface area contributed by atoms with Gasteiger partial charge in [-0.15, -0.1) is 0 Å². The van der Waals surface area contributed by atoms with Gasteiger partial charge in [-0.2, -0.15) is 5.26 Å². The van der Waals surface area contributed by atoms with Crippen molar-refractivity contribution in [3.05, 3.63) is 36.4 Å². The summed E-state index contributed by atoms with van der Waals surface area (Å²) in [6, 6.07) is 13.0. The average Bonchev–Trinajstić information content (AvgIpc) is 3.02. The number of hydrogen-bond acceptors (Lipinski definition) is 5. The van der Waals surface area contributed by atoms with E-state index in [0.29, 0.717) is 11.5 Å². The minimum Gasteiger partial charge on any atom is -0.497 e. The van der Waals surface area contributed by atoms with E-state index >= 15 is 0 Å². The zero-order valence-electron chi connectivity index (χ0n) is 12.8. The molecule has 0 aliphatic heterocycles. The quantitative estimate of drug-likeness (QED) is 0.783. The largest absolute Gasteiger partial charge is 0.497 e. The molecule has 0 aliphatic carbocycles. The predicted molar refractivity (Wildman–Crippen MR) is 85.7 cm³/mol. The van der Waals surface area contributed by atoms with E-state index in [2.05, 4.69) is 9.97 Å². The molecule has 0 fully saturated rings. The minimum absolute atomic E-state index is 0.0276. The molecule has 0 spiro atoms. The van der Waals surface area contributed by atoms with Gasteiger partial charge in [0.25, 0.3) is 0 Å². The summed E-state index contributed by atoms with van der Waals surface area (Å²) in [5.41, 5.74) is 2.61. The molecule has 0 aliphatic rings. The van der Waals surface area contributed by atoms with Crippen molar-refractivity contribution in [2.24, 2.45) is 0 Å². The maximum absolute atomic E-state index is 8.61. The minimum atomic E-state index is -0.0276. The van der Waals surface area contributed by atoms with E-state index in [0.717, 1.165) is 28.2 Å². The number of nitrogens with zero attached hydrogens (tertiary/aromatic N) is 2. The molecule has 0 unspecified atom stereocenters. The van der Waals surface area contributed by atoms with Crippen LogP contribution in [0.3, 0.4) is 0 Å². The molecule has 0 saturated carbocycles. The Morgan fingerprint density at radius 1 is 1.09 bits per heavy atom. The third-order valence-corrected chi connectivity index (χ3v) is 3.42. The summed E-state index contributed by atoms with van der Waals surface area (Å²) in [6.45, 7) is -0.0276. The molecule has 2 aromatic carbocycles. The van der Waals surface area contributed by atoms with Gasteiger partial charge >= 0.3 is 0 Å². The second-order valence-corrected chi connectivity index (χ2v) is 4.78. The van der Waals surface area contributed by atoms with Gasteiger partial charge in [0.2, 0.25) is 0 Å². The van der Waals surface area contributed by atoms with Crippen LogP contribution in [-0.4, -0.2) is 30.8 Å². The highest BCUT2D eigenvalue weighted by Crippen LogP contribution is 2.32. The summed E-state index contributed by atoms with van der Waals surface area (Å²) in [4.78, 5) is 7.83. The van der Waals surface area contributed by atoms with Crippen molar-refractivity contribution in [2.75, 3.05) is 20.8 Å². The molecule has 23 heavy (non-hydrogen) atoms. The van der Waals surface area contributed by atoms with Crippen molar-refractivity contribution >= 4 is 11.0 Å². The first-order chi connectivity index (χ1) is 11.2. The number of rotatable bonds is 5. The summed E-state index contributed by atoms with van der Waals surface area (Å²) >= 11 is 0. The fraction of sp³-hybridized carbons (Fsp3) is 0.176. The standard InChI is InChI=1S/C17H15N3O3/c1-21-12-4-5-13-14(10-12)20-17(19-13)11-3-6-15(23-8-7-18)16(9-11)22-2/h3-6,9-10H,8H2,1-2H3,(H,19,20). The highest BCUT2D eigenvalue weighted by atomic mass is 16.5. The number of ether oxygens (including phenoxy) is 3. The second kappa shape index (κ2) is 6.28. The Balaban J connectivity index is 1.99. The number of benzene rings is 2. The summed E-state index contributed by atoms with van der Waals surface area (Å²) in [7, 11) is 3.19. The van der Waals surface area contributed by atoms with Crippen LogP contribution in [0, 0.1) is 11.3 Å². The number of aromatic nitrogens is 2. The number of aromatic amines is 1. The van der Waals surface area contributed by atoms with Crippen LogP contribution in [0.15, 0.2) is 36.4 Å². The lowest BCUT2D eigenvalue weighted by Gasteiger charge is -2.09. The number of methoxy groups -OCH3 is 2. The third kappa shape index (κ3) is 2.90. The maximum Gasteiger partial charge on any atom is 0.174 e. The van der Waals surface area contributed by atoms with Gasteiger partial charge in [-0.25, -0.2) is 4.98 Å². The van der Waals surface area contributed by atoms with Crippen LogP contribution in [-0.2, 0) is 0 Å². The van der Waals surface area contributed by atoms with Crippen LogP contribution in [0.4, 0.5) is 0 Å². The molecule has 6 heteroatoms. The van der Waals surface area contributed by atoms with Crippen LogP contribution in [0.2, 0.25) is 0 Å². The Bertz CT molecular complexity index is 880. The van der Waals surface area contributed by atoms with Gasteiger partial charge in [-0.3, -0.25) is 0 Å². The van der Waals surface area contributed by atoms with E-state index in [1.54, 1.807) is 20.3 Å². The summed E-state index contributed by atoms with van der Waals surface area (Å²) in [6.07, 6.45) is 0. The molecule has 1 aromatic heterocycles. The van der Waals surface area contributed by atoms with Crippen molar-refractivity contribution in [3.8, 4) is 34.7 Å². The molecule has 6 nitrogen and oxygen atoms in total. The zero-order valence-corrected chi connectivity index (χ0v) is 12.8. The third-order valence-electron chi connectivity index (χ3n) is 3.42. The Morgan fingerprint density at radius 3 is 2.70 bits per heavy atom. The summed E-state index contributed by atoms with van der Waals surface area (Å²) < 4.78 is 15.9. The Kier molecular flexibility index (Phi) is 4.02. The van der Waals surface area contributed by atoms with E-state index in [-0.39, 0.29) is 6.61 Å². The van der Waals surface area contributed by atoms with Crippen molar-refractivity contribution in [1.82, 2.24) is 9.97 Å². The molecule has 1 N–H and O–H groups in total. The normalized spacial score (nSPS) is 10.3. The van der Waals surface area contributed by atoms with Crippen LogP contribution in [0.5, 0.6) is 17.2 Å². The predicted octanol–water partition coefficient (Wildman–Crippen LogP) is 3.15. The molecular formula is C17H15N3O3. The zero-order chi connectivity index (χ0) is 16.2. The van der Waals surface area contributed by atoms with Gasteiger partial charge in [0.15, 0.2) is 18.1 Å². The van der Waals surface area contributed by atoms with E-state index in [4.69, 9.17) is 19.5 Å². The van der Waals surface area contributed by atoms with Gasteiger partial charge < -0.3 is 19.2 Å². The average molecular weight is 309 g/mol. The van der Waals surface area contributed by atoms with E-state index < -0.39 is 0 Å². The van der Waals surface area contributed by atoms with Gasteiger partial charge in [-0.1, -0.05) is 0 Å². The smallest absolute Gasteiger partial charge is 0.174 e. The number of H-pyrrole nitrogens is 1. The number of imidazole rings is 1. The SMILES string of the molecule is COc1ccc2nc(-c3ccc(OCC#N)c(OC)c3)[nH]c2c1. The van der Waals surface area contributed by atoms with Crippen molar-refractivity contribution < 1.29 is 14.2 Å². The molecule has 0 amide bonds. The van der Waals surface area contributed by atoms with Crippen molar-refractivity contribution in [3.63, 3.8) is 0 Å². The topological polar surface area (TPSA) is 80.2 Å². The molecule has 116 valence electrons. The van der Waals surface area contributed by atoms with E-state index in [9.17, 15) is 0 Å². The molecule has 3 rings (SSSR count). The molecule has 3 aromatic rings. The van der Waals surface area contributed by atoms with Gasteiger partial charge in [-0.05, 0) is 30.3 Å². The lowest BCUT2D eigenvalue weighted by Crippen LogP contribution is -1.97. The lowest BCUT2D eigenvalue weighted by atomic mass is 10.2. The highest BCUT2D eigenvalue weighted by molar-refractivity contribution is 5.81. The monoisotopic (exact) mass is 309 g/mol. The Labute approximate surface area is 133 Å². The number of nitrogens with one attached hydrogen (secondary N) is 1. The van der Waals surface area contributed by atoms with Crippen LogP contribution < -0.4 is 14.2 Å². The number of nitriles is 1. The first-order valence-electron chi connectivity index (χ1n) is 6.97. The maximum atomic E-state index is 8.61. The molecule has 0 bridgehead atoms. The molecular weight excluding hydrogens is 294 g/mol. The lowest BCUT2D eigenvalue weighted by molar-refractivity contribution is 0.330. The molecule has 0 atom stereocenters. The van der Waals surface area contributed by atoms with Gasteiger partial charge in [0.1, 0.15) is 17.6 Å². The fourth-order valence-electron chi connectivity index (χ4n) is 2.30.